The first-order chi connectivity index (χ1) is 17.5. The number of aliphatic hydroxyl groups is 1. The first-order valence-corrected chi connectivity index (χ1v) is 13.1. The number of sulfonamides is 1. The molecule has 4 N–H and O–H groups in total. The van der Waals surface area contributed by atoms with Crippen molar-refractivity contribution in [2.24, 2.45) is 10.7 Å². The minimum atomic E-state index is -4.01. The van der Waals surface area contributed by atoms with Crippen molar-refractivity contribution in [2.75, 3.05) is 6.61 Å². The summed E-state index contributed by atoms with van der Waals surface area (Å²) >= 11 is 0. The molecule has 1 aliphatic heterocycles. The monoisotopic (exact) mass is 526 g/mol. The normalized spacial score (nSPS) is 20.0. The van der Waals surface area contributed by atoms with Gasteiger partial charge in [0.15, 0.2) is 0 Å². The van der Waals surface area contributed by atoms with E-state index in [0.29, 0.717) is 11.1 Å². The van der Waals surface area contributed by atoms with E-state index in [-0.39, 0.29) is 30.3 Å². The van der Waals surface area contributed by atoms with Gasteiger partial charge >= 0.3 is 0 Å². The number of amidine groups is 1. The second kappa shape index (κ2) is 10.3. The number of hydrogen-bond donors (Lipinski definition) is 3. The number of aromatic nitrogens is 1. The Morgan fingerprint density at radius 3 is 2.51 bits per heavy atom. The van der Waals surface area contributed by atoms with E-state index in [1.807, 2.05) is 0 Å². The quantitative estimate of drug-likeness (QED) is 0.431. The molecule has 2 atom stereocenters. The fourth-order valence-corrected chi connectivity index (χ4v) is 6.17. The van der Waals surface area contributed by atoms with Crippen molar-refractivity contribution in [1.29, 1.82) is 0 Å². The van der Waals surface area contributed by atoms with Crippen LogP contribution in [0.2, 0.25) is 0 Å². The molecule has 4 rings (SSSR count). The summed E-state index contributed by atoms with van der Waals surface area (Å²) in [6, 6.07) is 15.0. The van der Waals surface area contributed by atoms with Crippen LogP contribution in [0.4, 0.5) is 4.39 Å². The van der Waals surface area contributed by atoms with Crippen LogP contribution in [0.15, 0.2) is 71.9 Å². The Morgan fingerprint density at radius 1 is 1.19 bits per heavy atom. The molecule has 0 aliphatic carbocycles. The number of nitrogens with zero attached hydrogens (tertiary/aromatic N) is 2. The highest BCUT2D eigenvalue weighted by atomic mass is 32.2. The fraction of sp³-hybridized carbons (Fsp3) is 0.269. The summed E-state index contributed by atoms with van der Waals surface area (Å²) in [5, 5.41) is 8.38. The topological polar surface area (TPSA) is 144 Å². The predicted molar refractivity (Wildman–Crippen MR) is 136 cm³/mol. The van der Waals surface area contributed by atoms with Crippen LogP contribution in [0.5, 0.6) is 0 Å². The molecule has 37 heavy (non-hydrogen) atoms. The van der Waals surface area contributed by atoms with Gasteiger partial charge in [0.2, 0.25) is 10.0 Å². The lowest BCUT2D eigenvalue weighted by molar-refractivity contribution is 0.0758. The first-order valence-electron chi connectivity index (χ1n) is 11.5. The molecule has 2 aromatic carbocycles. The van der Waals surface area contributed by atoms with E-state index in [4.69, 9.17) is 10.5 Å². The van der Waals surface area contributed by atoms with E-state index in [9.17, 15) is 22.7 Å². The second-order valence-corrected chi connectivity index (χ2v) is 10.9. The number of rotatable bonds is 7. The summed E-state index contributed by atoms with van der Waals surface area (Å²) in [4.78, 5) is 19.7. The van der Waals surface area contributed by atoms with Gasteiger partial charge < -0.3 is 15.6 Å². The van der Waals surface area contributed by atoms with Gasteiger partial charge in [-0.1, -0.05) is 42.5 Å². The minimum Gasteiger partial charge on any atom is -0.457 e. The molecule has 1 saturated heterocycles. The van der Waals surface area contributed by atoms with E-state index in [1.165, 1.54) is 24.4 Å². The van der Waals surface area contributed by atoms with Crippen LogP contribution in [0.1, 0.15) is 53.2 Å². The fourth-order valence-electron chi connectivity index (χ4n) is 4.40. The average Bonchev–Trinajstić information content (AvgIpc) is 2.83. The second-order valence-electron chi connectivity index (χ2n) is 9.13. The number of amides is 1. The summed E-state index contributed by atoms with van der Waals surface area (Å²) in [5.74, 6) is -1.16. The molecule has 1 amide bonds. The lowest BCUT2D eigenvalue weighted by Crippen LogP contribution is -2.53. The van der Waals surface area contributed by atoms with Gasteiger partial charge in [0, 0.05) is 18.4 Å². The molecule has 0 bridgehead atoms. The van der Waals surface area contributed by atoms with Gasteiger partial charge in [-0.05, 0) is 55.2 Å². The van der Waals surface area contributed by atoms with Crippen LogP contribution in [0, 0.1) is 5.82 Å². The van der Waals surface area contributed by atoms with Crippen molar-refractivity contribution in [1.82, 2.24) is 9.71 Å². The number of nitrogens with one attached hydrogen (secondary N) is 1. The molecule has 1 aliphatic rings. The van der Waals surface area contributed by atoms with Crippen molar-refractivity contribution in [3.05, 3.63) is 89.5 Å². The summed E-state index contributed by atoms with van der Waals surface area (Å²) < 4.78 is 49.5. The Morgan fingerprint density at radius 2 is 1.89 bits per heavy atom. The summed E-state index contributed by atoms with van der Waals surface area (Å²) in [6.07, 6.45) is 1.55. The molecule has 2 heterocycles. The maximum Gasteiger partial charge on any atom is 0.299 e. The number of halogens is 1. The lowest BCUT2D eigenvalue weighted by Gasteiger charge is -2.39. The smallest absolute Gasteiger partial charge is 0.299 e. The molecule has 194 valence electrons. The Hall–Kier alpha value is -3.83. The summed E-state index contributed by atoms with van der Waals surface area (Å²) in [6.45, 7) is 2.98. The molecular weight excluding hydrogens is 499 g/mol. The predicted octanol–water partition coefficient (Wildman–Crippen LogP) is 3.24. The number of nitrogens with two attached hydrogens (primary N) is 1. The molecular formula is C26H27FN4O5S. The summed E-state index contributed by atoms with van der Waals surface area (Å²) in [5.41, 5.74) is 6.34. The van der Waals surface area contributed by atoms with Gasteiger partial charge in [-0.2, -0.15) is 0 Å². The molecule has 9 nitrogen and oxygen atoms in total. The SMILES string of the molecule is CC1(C)OC(=NC(CCO)c2ccccc2F)NS(=O)(=O)C1c1ccc(-c2ccnc(C(N)=O)c2)cc1. The van der Waals surface area contributed by atoms with Crippen LogP contribution in [0.25, 0.3) is 11.1 Å². The Labute approximate surface area is 214 Å². The van der Waals surface area contributed by atoms with E-state index >= 15 is 0 Å². The molecule has 3 aromatic rings. The van der Waals surface area contributed by atoms with Gasteiger partial charge in [-0.25, -0.2) is 22.5 Å². The minimum absolute atomic E-state index is 0.0767. The molecule has 0 spiro atoms. The van der Waals surface area contributed by atoms with Crippen molar-refractivity contribution in [3.63, 3.8) is 0 Å². The van der Waals surface area contributed by atoms with E-state index in [2.05, 4.69) is 14.7 Å². The third-order valence-corrected chi connectivity index (χ3v) is 7.95. The van der Waals surface area contributed by atoms with Crippen molar-refractivity contribution in [3.8, 4) is 11.1 Å². The Kier molecular flexibility index (Phi) is 7.28. The number of pyridine rings is 1. The van der Waals surface area contributed by atoms with Crippen molar-refractivity contribution < 1.29 is 27.4 Å². The number of carbonyl (C=O) groups is 1. The van der Waals surface area contributed by atoms with Crippen LogP contribution in [0.3, 0.4) is 0 Å². The number of carbonyl (C=O) groups excluding carboxylic acids is 1. The maximum absolute atomic E-state index is 14.4. The number of primary amides is 1. The Bertz CT molecular complexity index is 1440. The van der Waals surface area contributed by atoms with Crippen LogP contribution < -0.4 is 10.5 Å². The van der Waals surface area contributed by atoms with E-state index in [1.54, 1.807) is 56.3 Å². The van der Waals surface area contributed by atoms with E-state index in [0.717, 1.165) is 5.56 Å². The molecule has 0 radical (unpaired) electrons. The van der Waals surface area contributed by atoms with Gasteiger partial charge in [-0.15, -0.1) is 0 Å². The molecule has 11 heteroatoms. The van der Waals surface area contributed by atoms with Gasteiger partial charge in [-0.3, -0.25) is 9.78 Å². The zero-order valence-electron chi connectivity index (χ0n) is 20.3. The molecule has 1 aromatic heterocycles. The van der Waals surface area contributed by atoms with Crippen molar-refractivity contribution >= 4 is 22.0 Å². The first kappa shape index (κ1) is 26.2. The molecule has 2 unspecified atom stereocenters. The highest BCUT2D eigenvalue weighted by Gasteiger charge is 2.48. The van der Waals surface area contributed by atoms with Gasteiger partial charge in [0.1, 0.15) is 22.4 Å². The highest BCUT2D eigenvalue weighted by molar-refractivity contribution is 7.90. The summed E-state index contributed by atoms with van der Waals surface area (Å²) in [7, 11) is -4.01. The number of ether oxygens (including phenoxy) is 1. The highest BCUT2D eigenvalue weighted by Crippen LogP contribution is 2.39. The van der Waals surface area contributed by atoms with Crippen molar-refractivity contribution in [2.45, 2.75) is 37.2 Å². The number of benzene rings is 2. The van der Waals surface area contributed by atoms with Crippen LogP contribution >= 0.6 is 0 Å². The number of aliphatic imine (C=N–C) groups is 1. The zero-order valence-corrected chi connectivity index (χ0v) is 21.1. The van der Waals surface area contributed by atoms with Gasteiger partial charge in [0.25, 0.3) is 11.9 Å². The largest absolute Gasteiger partial charge is 0.457 e. The Balaban J connectivity index is 1.63. The molecule has 1 fully saturated rings. The zero-order chi connectivity index (χ0) is 26.8. The van der Waals surface area contributed by atoms with Crippen LogP contribution in [-0.2, 0) is 14.8 Å². The number of aliphatic hydroxyl groups excluding tert-OH is 1. The third-order valence-electron chi connectivity index (χ3n) is 6.03. The number of hydrogen-bond acceptors (Lipinski definition) is 7. The maximum atomic E-state index is 14.4. The lowest BCUT2D eigenvalue weighted by atomic mass is 9.95. The van der Waals surface area contributed by atoms with Crippen LogP contribution in [-0.4, -0.2) is 42.6 Å². The average molecular weight is 527 g/mol. The van der Waals surface area contributed by atoms with Gasteiger partial charge in [0.05, 0.1) is 6.04 Å². The molecule has 0 saturated carbocycles. The standard InChI is InChI=1S/C26H27FN4O5S/c1-26(2)23(17-9-7-16(8-10-17)18-11-13-29-22(15-18)24(28)33)37(34,35)31-25(36-26)30-21(12-14-32)19-5-3-4-6-20(19)27/h3-11,13,15,21,23,32H,12,14H2,1-2H3,(H2,28,33)(H,30,31). The van der Waals surface area contributed by atoms with E-state index < -0.39 is 38.6 Å². The third kappa shape index (κ3) is 5.62.